The van der Waals surface area contributed by atoms with E-state index >= 15 is 0 Å². The van der Waals surface area contributed by atoms with Crippen molar-refractivity contribution >= 4 is 23.0 Å². The minimum Gasteiger partial charge on any atom is -0.389 e. The fraction of sp³-hybridized carbons (Fsp3) is 0.583. The zero-order valence-electron chi connectivity index (χ0n) is 10.3. The van der Waals surface area contributed by atoms with Crippen molar-refractivity contribution in [3.05, 3.63) is 16.8 Å². The number of hydrogen-bond acceptors (Lipinski definition) is 4. The van der Waals surface area contributed by atoms with Gasteiger partial charge in [-0.25, -0.2) is 0 Å². The van der Waals surface area contributed by atoms with Gasteiger partial charge >= 0.3 is 0 Å². The Kier molecular flexibility index (Phi) is 3.57. The van der Waals surface area contributed by atoms with Crippen LogP contribution in [-0.2, 0) is 12.8 Å². The van der Waals surface area contributed by atoms with Crippen molar-refractivity contribution < 1.29 is 0 Å². The van der Waals surface area contributed by atoms with E-state index < -0.39 is 0 Å². The van der Waals surface area contributed by atoms with Crippen LogP contribution in [0.5, 0.6) is 0 Å². The Balaban J connectivity index is 2.46. The highest BCUT2D eigenvalue weighted by molar-refractivity contribution is 7.80. The SMILES string of the molecule is CCc1nnc(NC2CC2)c(C(N)=S)c1CC. The lowest BCUT2D eigenvalue weighted by Gasteiger charge is -2.15. The first-order valence-corrected chi connectivity index (χ1v) is 6.52. The highest BCUT2D eigenvalue weighted by Crippen LogP contribution is 2.27. The first kappa shape index (κ1) is 12.2. The number of aromatic nitrogens is 2. The van der Waals surface area contributed by atoms with Crippen molar-refractivity contribution in [2.45, 2.75) is 45.6 Å². The van der Waals surface area contributed by atoms with Crippen LogP contribution in [0.3, 0.4) is 0 Å². The highest BCUT2D eigenvalue weighted by atomic mass is 32.1. The average Bonchev–Trinajstić information content (AvgIpc) is 3.11. The second-order valence-electron chi connectivity index (χ2n) is 4.34. The third kappa shape index (κ3) is 2.54. The van der Waals surface area contributed by atoms with Crippen molar-refractivity contribution in [3.8, 4) is 0 Å². The molecule has 0 atom stereocenters. The Morgan fingerprint density at radius 3 is 2.53 bits per heavy atom. The number of rotatable bonds is 5. The topological polar surface area (TPSA) is 63.8 Å². The molecule has 0 amide bonds. The first-order valence-electron chi connectivity index (χ1n) is 6.12. The van der Waals surface area contributed by atoms with Gasteiger partial charge in [0.25, 0.3) is 0 Å². The number of nitrogens with one attached hydrogen (secondary N) is 1. The smallest absolute Gasteiger partial charge is 0.159 e. The largest absolute Gasteiger partial charge is 0.389 e. The van der Waals surface area contributed by atoms with Crippen molar-refractivity contribution in [1.82, 2.24) is 10.2 Å². The van der Waals surface area contributed by atoms with Crippen LogP contribution in [0.15, 0.2) is 0 Å². The third-order valence-electron chi connectivity index (χ3n) is 3.01. The average molecular weight is 250 g/mol. The van der Waals surface area contributed by atoms with Crippen LogP contribution in [0.1, 0.15) is 43.5 Å². The van der Waals surface area contributed by atoms with Crippen molar-refractivity contribution in [2.75, 3.05) is 5.32 Å². The Bertz CT molecular complexity index is 440. The molecular weight excluding hydrogens is 232 g/mol. The van der Waals surface area contributed by atoms with Gasteiger partial charge in [-0.3, -0.25) is 0 Å². The van der Waals surface area contributed by atoms with E-state index in [-0.39, 0.29) is 0 Å². The number of aryl methyl sites for hydroxylation is 1. The molecular formula is C12H18N4S. The normalized spacial score (nSPS) is 14.7. The zero-order chi connectivity index (χ0) is 12.4. The zero-order valence-corrected chi connectivity index (χ0v) is 11.1. The molecule has 0 aliphatic heterocycles. The summed E-state index contributed by atoms with van der Waals surface area (Å²) in [5, 5.41) is 11.8. The van der Waals surface area contributed by atoms with E-state index in [9.17, 15) is 0 Å². The van der Waals surface area contributed by atoms with Gasteiger partial charge in [-0.15, -0.1) is 5.10 Å². The summed E-state index contributed by atoms with van der Waals surface area (Å²) in [4.78, 5) is 0.412. The molecule has 17 heavy (non-hydrogen) atoms. The molecule has 0 aromatic carbocycles. The summed E-state index contributed by atoms with van der Waals surface area (Å²) in [5.74, 6) is 0.758. The minimum absolute atomic E-state index is 0.412. The fourth-order valence-corrected chi connectivity index (χ4v) is 2.18. The van der Waals surface area contributed by atoms with Gasteiger partial charge in [-0.05, 0) is 31.2 Å². The summed E-state index contributed by atoms with van der Waals surface area (Å²) in [5.41, 5.74) is 8.86. The summed E-state index contributed by atoms with van der Waals surface area (Å²) in [6.07, 6.45) is 4.12. The van der Waals surface area contributed by atoms with Crippen LogP contribution in [-0.4, -0.2) is 21.2 Å². The quantitative estimate of drug-likeness (QED) is 0.780. The molecule has 1 fully saturated rings. The molecule has 92 valence electrons. The molecule has 1 aliphatic carbocycles. The van der Waals surface area contributed by atoms with Gasteiger partial charge in [0.2, 0.25) is 0 Å². The van der Waals surface area contributed by atoms with Crippen LogP contribution in [0.25, 0.3) is 0 Å². The fourth-order valence-electron chi connectivity index (χ4n) is 1.96. The predicted octanol–water partition coefficient (Wildman–Crippen LogP) is 1.81. The molecule has 0 unspecified atom stereocenters. The van der Waals surface area contributed by atoms with Gasteiger partial charge in [-0.1, -0.05) is 26.1 Å². The lowest BCUT2D eigenvalue weighted by Crippen LogP contribution is -2.20. The molecule has 5 heteroatoms. The minimum atomic E-state index is 0.412. The van der Waals surface area contributed by atoms with E-state index in [2.05, 4.69) is 29.4 Å². The lowest BCUT2D eigenvalue weighted by molar-refractivity contribution is 0.871. The van der Waals surface area contributed by atoms with Crippen LogP contribution in [0.4, 0.5) is 5.82 Å². The van der Waals surface area contributed by atoms with Crippen LogP contribution < -0.4 is 11.1 Å². The van der Waals surface area contributed by atoms with E-state index in [1.54, 1.807) is 0 Å². The summed E-state index contributed by atoms with van der Waals surface area (Å²) in [6, 6.07) is 0.523. The Morgan fingerprint density at radius 1 is 1.35 bits per heavy atom. The molecule has 0 saturated heterocycles. The summed E-state index contributed by atoms with van der Waals surface area (Å²) in [7, 11) is 0. The van der Waals surface area contributed by atoms with Crippen molar-refractivity contribution in [3.63, 3.8) is 0 Å². The molecule has 0 spiro atoms. The van der Waals surface area contributed by atoms with Crippen LogP contribution >= 0.6 is 12.2 Å². The monoisotopic (exact) mass is 250 g/mol. The third-order valence-corrected chi connectivity index (χ3v) is 3.21. The molecule has 0 bridgehead atoms. The molecule has 1 aromatic heterocycles. The summed E-state index contributed by atoms with van der Waals surface area (Å²) < 4.78 is 0. The Hall–Kier alpha value is -1.23. The molecule has 3 N–H and O–H groups in total. The maximum Gasteiger partial charge on any atom is 0.159 e. The van der Waals surface area contributed by atoms with Gasteiger partial charge in [0.1, 0.15) is 4.99 Å². The van der Waals surface area contributed by atoms with Crippen LogP contribution in [0, 0.1) is 0 Å². The molecule has 4 nitrogen and oxygen atoms in total. The van der Waals surface area contributed by atoms with Gasteiger partial charge in [0, 0.05) is 6.04 Å². The van der Waals surface area contributed by atoms with E-state index in [1.165, 1.54) is 12.8 Å². The van der Waals surface area contributed by atoms with E-state index in [4.69, 9.17) is 18.0 Å². The number of nitrogens with zero attached hydrogens (tertiary/aromatic N) is 2. The molecule has 0 radical (unpaired) electrons. The number of hydrogen-bond donors (Lipinski definition) is 2. The molecule has 1 heterocycles. The second-order valence-corrected chi connectivity index (χ2v) is 4.78. The lowest BCUT2D eigenvalue weighted by atomic mass is 10.0. The van der Waals surface area contributed by atoms with Gasteiger partial charge < -0.3 is 11.1 Å². The molecule has 2 rings (SSSR count). The molecule has 1 saturated carbocycles. The number of nitrogens with two attached hydrogens (primary N) is 1. The van der Waals surface area contributed by atoms with E-state index in [0.717, 1.165) is 35.5 Å². The molecule has 1 aliphatic rings. The summed E-state index contributed by atoms with van der Waals surface area (Å²) in [6.45, 7) is 4.17. The first-order chi connectivity index (χ1) is 8.17. The molecule has 1 aromatic rings. The summed E-state index contributed by atoms with van der Waals surface area (Å²) >= 11 is 5.15. The number of thiocarbonyl (C=S) groups is 1. The Labute approximate surface area is 107 Å². The second kappa shape index (κ2) is 4.96. The predicted molar refractivity (Wildman–Crippen MR) is 73.3 cm³/mol. The van der Waals surface area contributed by atoms with Gasteiger partial charge in [0.05, 0.1) is 11.3 Å². The van der Waals surface area contributed by atoms with Gasteiger partial charge in [-0.2, -0.15) is 5.10 Å². The van der Waals surface area contributed by atoms with Gasteiger partial charge in [0.15, 0.2) is 5.82 Å². The van der Waals surface area contributed by atoms with Crippen LogP contribution in [0.2, 0.25) is 0 Å². The van der Waals surface area contributed by atoms with E-state index in [0.29, 0.717) is 11.0 Å². The Morgan fingerprint density at radius 2 is 2.06 bits per heavy atom. The van der Waals surface area contributed by atoms with Crippen molar-refractivity contribution in [2.24, 2.45) is 5.73 Å². The number of anilines is 1. The maximum atomic E-state index is 5.83. The van der Waals surface area contributed by atoms with Crippen molar-refractivity contribution in [1.29, 1.82) is 0 Å². The van der Waals surface area contributed by atoms with E-state index in [1.807, 2.05) is 0 Å². The maximum absolute atomic E-state index is 5.83. The standard InChI is InChI=1S/C12H18N4S/c1-3-8-9(4-2)15-16-12(10(8)11(13)17)14-7-5-6-7/h7H,3-6H2,1-2H3,(H2,13,17)(H,14,16). The highest BCUT2D eigenvalue weighted by Gasteiger charge is 2.25.